The number of aromatic nitrogens is 1. The van der Waals surface area contributed by atoms with Gasteiger partial charge in [0.25, 0.3) is 5.91 Å². The number of ether oxygens (including phenoxy) is 1. The number of carbonyl (C=O) groups is 1. The van der Waals surface area contributed by atoms with E-state index < -0.39 is 0 Å². The molecule has 2 rings (SSSR count). The van der Waals surface area contributed by atoms with Gasteiger partial charge in [-0.15, -0.1) is 0 Å². The molecule has 5 heteroatoms. The molecule has 0 N–H and O–H groups in total. The van der Waals surface area contributed by atoms with Crippen LogP contribution in [0.5, 0.6) is 0 Å². The van der Waals surface area contributed by atoms with Crippen LogP contribution in [0.3, 0.4) is 0 Å². The number of hydrogen-bond acceptors (Lipinski definition) is 3. The number of rotatable bonds is 1. The Hall–Kier alpha value is -1.13. The van der Waals surface area contributed by atoms with E-state index in [1.165, 1.54) is 6.20 Å². The van der Waals surface area contributed by atoms with E-state index in [1.54, 1.807) is 17.0 Å². The van der Waals surface area contributed by atoms with Crippen LogP contribution < -0.4 is 0 Å². The number of amides is 1. The molecule has 86 valence electrons. The molecule has 1 aromatic rings. The van der Waals surface area contributed by atoms with Crippen molar-refractivity contribution in [2.75, 3.05) is 19.7 Å². The van der Waals surface area contributed by atoms with Gasteiger partial charge >= 0.3 is 0 Å². The average molecular weight is 241 g/mol. The van der Waals surface area contributed by atoms with E-state index in [-0.39, 0.29) is 12.0 Å². The van der Waals surface area contributed by atoms with Gasteiger partial charge in [0.2, 0.25) is 0 Å². The van der Waals surface area contributed by atoms with Crippen LogP contribution >= 0.6 is 11.6 Å². The number of carbonyl (C=O) groups excluding carboxylic acids is 1. The average Bonchev–Trinajstić information content (AvgIpc) is 2.29. The highest BCUT2D eigenvalue weighted by Crippen LogP contribution is 2.11. The van der Waals surface area contributed by atoms with Crippen molar-refractivity contribution in [2.24, 2.45) is 0 Å². The fraction of sp³-hybridized carbons (Fsp3) is 0.455. The number of morpholine rings is 1. The molecular formula is C11H13ClN2O2. The Labute approximate surface area is 99.2 Å². The maximum Gasteiger partial charge on any atom is 0.255 e. The highest BCUT2D eigenvalue weighted by molar-refractivity contribution is 6.29. The summed E-state index contributed by atoms with van der Waals surface area (Å²) in [6, 6.07) is 3.32. The number of hydrogen-bond donors (Lipinski definition) is 0. The number of pyridine rings is 1. The van der Waals surface area contributed by atoms with Crippen molar-refractivity contribution >= 4 is 17.5 Å². The molecule has 2 heterocycles. The summed E-state index contributed by atoms with van der Waals surface area (Å²) < 4.78 is 5.38. The summed E-state index contributed by atoms with van der Waals surface area (Å²) in [6.07, 6.45) is 1.60. The molecule has 1 amide bonds. The van der Waals surface area contributed by atoms with Gasteiger partial charge in [-0.25, -0.2) is 4.98 Å². The van der Waals surface area contributed by atoms with Crippen molar-refractivity contribution in [3.63, 3.8) is 0 Å². The quantitative estimate of drug-likeness (QED) is 0.701. The summed E-state index contributed by atoms with van der Waals surface area (Å²) in [5.74, 6) is -0.0145. The molecule has 1 aliphatic rings. The monoisotopic (exact) mass is 240 g/mol. The van der Waals surface area contributed by atoms with Crippen molar-refractivity contribution in [1.29, 1.82) is 0 Å². The molecule has 4 nitrogen and oxygen atoms in total. The molecule has 1 fully saturated rings. The summed E-state index contributed by atoms with van der Waals surface area (Å²) >= 11 is 5.67. The topological polar surface area (TPSA) is 42.4 Å². The Kier molecular flexibility index (Phi) is 3.41. The van der Waals surface area contributed by atoms with Crippen molar-refractivity contribution in [1.82, 2.24) is 9.88 Å². The molecule has 1 atom stereocenters. The number of nitrogens with zero attached hydrogens (tertiary/aromatic N) is 2. The van der Waals surface area contributed by atoms with Crippen LogP contribution in [0, 0.1) is 0 Å². The Morgan fingerprint density at radius 1 is 1.62 bits per heavy atom. The molecule has 1 unspecified atom stereocenters. The normalized spacial score (nSPS) is 20.9. The predicted octanol–water partition coefficient (Wildman–Crippen LogP) is 1.60. The molecule has 0 aromatic carbocycles. The Bertz CT molecular complexity index is 380. The van der Waals surface area contributed by atoms with Crippen LogP contribution in [0.15, 0.2) is 18.3 Å². The molecular weight excluding hydrogens is 228 g/mol. The molecule has 0 spiro atoms. The maximum atomic E-state index is 12.0. The minimum absolute atomic E-state index is 0.0145. The van der Waals surface area contributed by atoms with Gasteiger partial charge in [0.1, 0.15) is 5.15 Å². The summed E-state index contributed by atoms with van der Waals surface area (Å²) in [4.78, 5) is 17.7. The van der Waals surface area contributed by atoms with Gasteiger partial charge in [-0.2, -0.15) is 0 Å². The van der Waals surface area contributed by atoms with Crippen molar-refractivity contribution < 1.29 is 9.53 Å². The third-order valence-electron chi connectivity index (χ3n) is 2.50. The van der Waals surface area contributed by atoms with Crippen LogP contribution in [0.1, 0.15) is 17.3 Å². The van der Waals surface area contributed by atoms with Gasteiger partial charge in [-0.1, -0.05) is 11.6 Å². The fourth-order valence-electron chi connectivity index (χ4n) is 1.69. The number of halogens is 1. The summed E-state index contributed by atoms with van der Waals surface area (Å²) in [6.45, 7) is 3.81. The minimum atomic E-state index is -0.0145. The smallest absolute Gasteiger partial charge is 0.255 e. The lowest BCUT2D eigenvalue weighted by Crippen LogP contribution is -2.44. The zero-order chi connectivity index (χ0) is 11.5. The van der Waals surface area contributed by atoms with Gasteiger partial charge in [-0.3, -0.25) is 4.79 Å². The SMILES string of the molecule is CC1CN(C(=O)c2ccc(Cl)nc2)CCO1. The predicted molar refractivity (Wildman–Crippen MR) is 60.6 cm³/mol. The first-order valence-corrected chi connectivity index (χ1v) is 5.57. The first-order chi connectivity index (χ1) is 7.66. The van der Waals surface area contributed by atoms with E-state index in [9.17, 15) is 4.79 Å². The van der Waals surface area contributed by atoms with Crippen LogP contribution in [-0.4, -0.2) is 41.6 Å². The third-order valence-corrected chi connectivity index (χ3v) is 2.73. The first kappa shape index (κ1) is 11.4. The maximum absolute atomic E-state index is 12.0. The summed E-state index contributed by atoms with van der Waals surface area (Å²) in [7, 11) is 0. The van der Waals surface area contributed by atoms with Crippen LogP contribution in [-0.2, 0) is 4.74 Å². The standard InChI is InChI=1S/C11H13ClN2O2/c1-8-7-14(4-5-16-8)11(15)9-2-3-10(12)13-6-9/h2-3,6,8H,4-5,7H2,1H3. The zero-order valence-electron chi connectivity index (χ0n) is 9.02. The Morgan fingerprint density at radius 3 is 3.06 bits per heavy atom. The van der Waals surface area contributed by atoms with Crippen molar-refractivity contribution in [2.45, 2.75) is 13.0 Å². The molecule has 0 aliphatic carbocycles. The van der Waals surface area contributed by atoms with Gasteiger partial charge in [0.15, 0.2) is 0 Å². The second kappa shape index (κ2) is 4.80. The third kappa shape index (κ3) is 2.51. The van der Waals surface area contributed by atoms with Crippen molar-refractivity contribution in [3.05, 3.63) is 29.0 Å². The molecule has 0 saturated carbocycles. The van der Waals surface area contributed by atoms with Gasteiger partial charge in [0, 0.05) is 19.3 Å². The molecule has 1 aliphatic heterocycles. The molecule has 1 aromatic heterocycles. The Balaban J connectivity index is 2.09. The van der Waals surface area contributed by atoms with E-state index in [1.807, 2.05) is 6.92 Å². The van der Waals surface area contributed by atoms with Crippen molar-refractivity contribution in [3.8, 4) is 0 Å². The van der Waals surface area contributed by atoms with E-state index in [2.05, 4.69) is 4.98 Å². The summed E-state index contributed by atoms with van der Waals surface area (Å²) in [5.41, 5.74) is 0.568. The molecule has 1 saturated heterocycles. The lowest BCUT2D eigenvalue weighted by Gasteiger charge is -2.31. The van der Waals surface area contributed by atoms with E-state index >= 15 is 0 Å². The van der Waals surface area contributed by atoms with Crippen LogP contribution in [0.4, 0.5) is 0 Å². The lowest BCUT2D eigenvalue weighted by atomic mass is 10.2. The summed E-state index contributed by atoms with van der Waals surface area (Å²) in [5, 5.41) is 0.395. The molecule has 16 heavy (non-hydrogen) atoms. The fourth-order valence-corrected chi connectivity index (χ4v) is 1.80. The van der Waals surface area contributed by atoms with Gasteiger partial charge < -0.3 is 9.64 Å². The molecule has 0 radical (unpaired) electrons. The van der Waals surface area contributed by atoms with E-state index in [0.29, 0.717) is 30.4 Å². The highest BCUT2D eigenvalue weighted by Gasteiger charge is 2.22. The second-order valence-corrected chi connectivity index (χ2v) is 4.19. The van der Waals surface area contributed by atoms with Crippen LogP contribution in [0.2, 0.25) is 5.15 Å². The highest BCUT2D eigenvalue weighted by atomic mass is 35.5. The van der Waals surface area contributed by atoms with E-state index in [0.717, 1.165) is 0 Å². The lowest BCUT2D eigenvalue weighted by molar-refractivity contribution is -0.0124. The Morgan fingerprint density at radius 2 is 2.44 bits per heavy atom. The largest absolute Gasteiger partial charge is 0.375 e. The van der Waals surface area contributed by atoms with Gasteiger partial charge in [-0.05, 0) is 19.1 Å². The van der Waals surface area contributed by atoms with Gasteiger partial charge in [0.05, 0.1) is 18.3 Å². The van der Waals surface area contributed by atoms with E-state index in [4.69, 9.17) is 16.3 Å². The second-order valence-electron chi connectivity index (χ2n) is 3.80. The van der Waals surface area contributed by atoms with Crippen LogP contribution in [0.25, 0.3) is 0 Å². The minimum Gasteiger partial charge on any atom is -0.375 e. The molecule has 0 bridgehead atoms. The first-order valence-electron chi connectivity index (χ1n) is 5.19. The zero-order valence-corrected chi connectivity index (χ0v) is 9.78.